The highest BCUT2D eigenvalue weighted by molar-refractivity contribution is 5.96. The van der Waals surface area contributed by atoms with Gasteiger partial charge < -0.3 is 20.3 Å². The first-order chi connectivity index (χ1) is 20.0. The van der Waals surface area contributed by atoms with Gasteiger partial charge in [0.1, 0.15) is 11.6 Å². The van der Waals surface area contributed by atoms with E-state index in [0.717, 1.165) is 68.9 Å². The summed E-state index contributed by atoms with van der Waals surface area (Å²) in [5.41, 5.74) is 3.42. The fourth-order valence-electron chi connectivity index (χ4n) is 6.89. The minimum absolute atomic E-state index is 0.0433. The number of benzene rings is 2. The molecule has 3 aliphatic rings. The molecule has 3 saturated heterocycles. The average Bonchev–Trinajstić information content (AvgIpc) is 3.53. The Morgan fingerprint density at radius 3 is 2.37 bits per heavy atom. The number of anilines is 1. The molecule has 214 valence electrons. The van der Waals surface area contributed by atoms with E-state index in [0.29, 0.717) is 23.2 Å². The van der Waals surface area contributed by atoms with Crippen molar-refractivity contribution in [2.24, 2.45) is 0 Å². The summed E-state index contributed by atoms with van der Waals surface area (Å²) in [4.78, 5) is 35.6. The van der Waals surface area contributed by atoms with Crippen LogP contribution < -0.4 is 20.3 Å². The van der Waals surface area contributed by atoms with Gasteiger partial charge in [0.15, 0.2) is 0 Å². The van der Waals surface area contributed by atoms with Gasteiger partial charge in [-0.3, -0.25) is 14.5 Å². The molecular weight excluding hydrogens is 514 g/mol. The summed E-state index contributed by atoms with van der Waals surface area (Å²) in [6, 6.07) is 20.9. The highest BCUT2D eigenvalue weighted by atomic mass is 16.5. The van der Waals surface area contributed by atoms with Crippen LogP contribution in [0.5, 0.6) is 5.75 Å². The molecule has 0 saturated carbocycles. The Morgan fingerprint density at radius 2 is 1.66 bits per heavy atom. The van der Waals surface area contributed by atoms with Crippen molar-refractivity contribution in [2.45, 2.75) is 69.7 Å². The van der Waals surface area contributed by atoms with Crippen LogP contribution in [0.1, 0.15) is 63.9 Å². The second-order valence-corrected chi connectivity index (χ2v) is 11.7. The van der Waals surface area contributed by atoms with E-state index >= 15 is 0 Å². The second kappa shape index (κ2) is 11.9. The Labute approximate surface area is 242 Å². The van der Waals surface area contributed by atoms with E-state index < -0.39 is 0 Å². The number of hydrogen-bond acceptors (Lipinski definition) is 6. The van der Waals surface area contributed by atoms with Gasteiger partial charge in [0, 0.05) is 61.1 Å². The number of pyridine rings is 1. The molecule has 3 aromatic rings. The summed E-state index contributed by atoms with van der Waals surface area (Å²) >= 11 is 0. The Bertz CT molecular complexity index is 1370. The third-order valence-corrected chi connectivity index (χ3v) is 8.95. The number of piperidine rings is 1. The lowest BCUT2D eigenvalue weighted by atomic mass is 9.96. The molecule has 3 fully saturated rings. The van der Waals surface area contributed by atoms with Gasteiger partial charge in [-0.2, -0.15) is 0 Å². The van der Waals surface area contributed by atoms with E-state index in [1.165, 1.54) is 5.56 Å². The van der Waals surface area contributed by atoms with E-state index in [-0.39, 0.29) is 23.9 Å². The van der Waals surface area contributed by atoms with Gasteiger partial charge >= 0.3 is 0 Å². The molecule has 0 aliphatic carbocycles. The van der Waals surface area contributed by atoms with Crippen LogP contribution in [-0.4, -0.2) is 66.1 Å². The van der Waals surface area contributed by atoms with Gasteiger partial charge in [-0.15, -0.1) is 0 Å². The van der Waals surface area contributed by atoms with Crippen LogP contribution in [0.15, 0.2) is 66.9 Å². The van der Waals surface area contributed by atoms with Crippen LogP contribution in [0.2, 0.25) is 0 Å². The molecule has 2 bridgehead atoms. The van der Waals surface area contributed by atoms with Crippen molar-refractivity contribution >= 4 is 17.6 Å². The summed E-state index contributed by atoms with van der Waals surface area (Å²) in [5, 5.41) is 6.48. The lowest BCUT2D eigenvalue weighted by Gasteiger charge is -2.40. The summed E-state index contributed by atoms with van der Waals surface area (Å²) in [6.45, 7) is 4.67. The molecule has 0 spiro atoms. The third-order valence-electron chi connectivity index (χ3n) is 8.95. The average molecular weight is 554 g/mol. The van der Waals surface area contributed by atoms with E-state index in [4.69, 9.17) is 9.72 Å². The van der Waals surface area contributed by atoms with E-state index in [2.05, 4.69) is 44.7 Å². The molecule has 2 aromatic carbocycles. The molecule has 1 aromatic heterocycles. The molecule has 3 atom stereocenters. The molecule has 2 unspecified atom stereocenters. The van der Waals surface area contributed by atoms with Gasteiger partial charge in [-0.1, -0.05) is 36.4 Å². The number of ether oxygens (including phenoxy) is 1. The van der Waals surface area contributed by atoms with Crippen LogP contribution in [0.4, 0.5) is 5.82 Å². The molecule has 0 radical (unpaired) electrons. The predicted octanol–water partition coefficient (Wildman–Crippen LogP) is 4.33. The van der Waals surface area contributed by atoms with Crippen molar-refractivity contribution in [1.29, 1.82) is 0 Å². The fraction of sp³-hybridized carbons (Fsp3) is 0.424. The highest BCUT2D eigenvalue weighted by Gasteiger charge is 2.42. The monoisotopic (exact) mass is 553 g/mol. The van der Waals surface area contributed by atoms with Gasteiger partial charge in [0.25, 0.3) is 11.8 Å². The SMILES string of the molecule is COc1cccc(C(=O)NC2CC3CCC(C2)N3c2ccc(C(=O)N[C@H]3CCN(Cc4ccccc4)C3)cn2)c1C. The number of nitrogens with one attached hydrogen (secondary N) is 2. The van der Waals surface area contributed by atoms with Gasteiger partial charge in [-0.05, 0) is 68.9 Å². The van der Waals surface area contributed by atoms with Crippen molar-refractivity contribution in [1.82, 2.24) is 20.5 Å². The molecule has 8 heteroatoms. The quantitative estimate of drug-likeness (QED) is 0.432. The Kier molecular flexibility index (Phi) is 7.92. The van der Waals surface area contributed by atoms with Crippen LogP contribution in [0.25, 0.3) is 0 Å². The number of methoxy groups -OCH3 is 1. The molecule has 41 heavy (non-hydrogen) atoms. The van der Waals surface area contributed by atoms with Crippen LogP contribution in [0, 0.1) is 6.92 Å². The van der Waals surface area contributed by atoms with E-state index in [9.17, 15) is 9.59 Å². The number of aromatic nitrogens is 1. The lowest BCUT2D eigenvalue weighted by Crippen LogP contribution is -2.50. The minimum Gasteiger partial charge on any atom is -0.496 e. The van der Waals surface area contributed by atoms with Gasteiger partial charge in [0.2, 0.25) is 0 Å². The zero-order valence-corrected chi connectivity index (χ0v) is 23.9. The van der Waals surface area contributed by atoms with Crippen molar-refractivity contribution in [3.8, 4) is 5.75 Å². The number of fused-ring (bicyclic) bond motifs is 2. The maximum atomic E-state index is 13.1. The summed E-state index contributed by atoms with van der Waals surface area (Å²) in [5.74, 6) is 1.53. The molecular formula is C33H39N5O3. The molecule has 4 heterocycles. The van der Waals surface area contributed by atoms with E-state index in [1.54, 1.807) is 13.3 Å². The Morgan fingerprint density at radius 1 is 0.902 bits per heavy atom. The first-order valence-corrected chi connectivity index (χ1v) is 14.7. The topological polar surface area (TPSA) is 86.8 Å². The highest BCUT2D eigenvalue weighted by Crippen LogP contribution is 2.38. The Hall–Kier alpha value is -3.91. The van der Waals surface area contributed by atoms with Crippen molar-refractivity contribution in [2.75, 3.05) is 25.1 Å². The van der Waals surface area contributed by atoms with Crippen molar-refractivity contribution in [3.63, 3.8) is 0 Å². The number of carbonyl (C=O) groups excluding carboxylic acids is 2. The van der Waals surface area contributed by atoms with Crippen LogP contribution in [0.3, 0.4) is 0 Å². The van der Waals surface area contributed by atoms with Crippen molar-refractivity contribution < 1.29 is 14.3 Å². The zero-order chi connectivity index (χ0) is 28.3. The van der Waals surface area contributed by atoms with Crippen LogP contribution in [-0.2, 0) is 6.54 Å². The third kappa shape index (κ3) is 5.93. The first-order valence-electron chi connectivity index (χ1n) is 14.7. The fourth-order valence-corrected chi connectivity index (χ4v) is 6.89. The second-order valence-electron chi connectivity index (χ2n) is 11.7. The number of hydrogen-bond donors (Lipinski definition) is 2. The lowest BCUT2D eigenvalue weighted by molar-refractivity contribution is 0.0921. The number of likely N-dealkylation sites (tertiary alicyclic amines) is 1. The minimum atomic E-state index is -0.0622. The smallest absolute Gasteiger partial charge is 0.253 e. The summed E-state index contributed by atoms with van der Waals surface area (Å²) in [6.07, 6.45) is 6.60. The van der Waals surface area contributed by atoms with Crippen molar-refractivity contribution in [3.05, 3.63) is 89.1 Å². The van der Waals surface area contributed by atoms with E-state index in [1.807, 2.05) is 43.3 Å². The first kappa shape index (κ1) is 27.3. The molecule has 2 amide bonds. The van der Waals surface area contributed by atoms with Crippen LogP contribution >= 0.6 is 0 Å². The molecule has 6 rings (SSSR count). The number of nitrogens with zero attached hydrogens (tertiary/aromatic N) is 3. The van der Waals surface area contributed by atoms with Gasteiger partial charge in [-0.25, -0.2) is 4.98 Å². The van der Waals surface area contributed by atoms with Gasteiger partial charge in [0.05, 0.1) is 12.7 Å². The normalized spacial score (nSPS) is 23.8. The number of rotatable bonds is 8. The maximum absolute atomic E-state index is 13.1. The predicted molar refractivity (Wildman–Crippen MR) is 159 cm³/mol. The molecule has 8 nitrogen and oxygen atoms in total. The largest absolute Gasteiger partial charge is 0.496 e. The summed E-state index contributed by atoms with van der Waals surface area (Å²) < 4.78 is 5.39. The standard InChI is InChI=1S/C33H39N5O3/c1-22-29(9-6-10-30(22)41-2)33(40)36-26-17-27-12-13-28(18-26)38(27)31-14-11-24(19-34-31)32(39)35-25-15-16-37(21-25)20-23-7-4-3-5-8-23/h3-11,14,19,25-28H,12-13,15-18,20-21H2,1-2H3,(H,35,39)(H,36,40)/t25-,26?,27?,28?/m0/s1. The zero-order valence-electron chi connectivity index (χ0n) is 23.9. The number of amides is 2. The number of carbonyl (C=O) groups is 2. The Balaban J connectivity index is 1.03. The molecule has 2 N–H and O–H groups in total. The maximum Gasteiger partial charge on any atom is 0.253 e. The summed E-state index contributed by atoms with van der Waals surface area (Å²) in [7, 11) is 1.63. The molecule has 3 aliphatic heterocycles.